The molecule has 0 bridgehead atoms. The highest BCUT2D eigenvalue weighted by molar-refractivity contribution is 5.18. The molecule has 0 aliphatic heterocycles. The zero-order valence-corrected chi connectivity index (χ0v) is 12.8. The topological polar surface area (TPSA) is 55.0 Å². The molecule has 2 heterocycles. The van der Waals surface area contributed by atoms with Gasteiger partial charge in [0.1, 0.15) is 0 Å². The SMILES string of the molecule is CCC(N)C(c1cccnc1)N(CC)Cc1ccncc1. The van der Waals surface area contributed by atoms with Gasteiger partial charge in [-0.25, -0.2) is 0 Å². The molecule has 4 nitrogen and oxygen atoms in total. The minimum atomic E-state index is 0.0935. The fraction of sp³-hybridized carbons (Fsp3) is 0.412. The summed E-state index contributed by atoms with van der Waals surface area (Å²) in [7, 11) is 0. The van der Waals surface area contributed by atoms with E-state index in [2.05, 4.69) is 46.9 Å². The van der Waals surface area contributed by atoms with Crippen LogP contribution in [-0.2, 0) is 6.54 Å². The largest absolute Gasteiger partial charge is 0.326 e. The first-order chi connectivity index (χ1) is 10.3. The summed E-state index contributed by atoms with van der Waals surface area (Å²) < 4.78 is 0. The number of aromatic nitrogens is 2. The lowest BCUT2D eigenvalue weighted by Gasteiger charge is -2.34. The van der Waals surface area contributed by atoms with E-state index in [1.165, 1.54) is 11.1 Å². The lowest BCUT2D eigenvalue weighted by Crippen LogP contribution is -2.40. The molecule has 0 aliphatic carbocycles. The molecule has 0 fully saturated rings. The van der Waals surface area contributed by atoms with Crippen molar-refractivity contribution in [3.05, 3.63) is 60.2 Å². The molecule has 0 saturated heterocycles. The van der Waals surface area contributed by atoms with Gasteiger partial charge in [-0.2, -0.15) is 0 Å². The van der Waals surface area contributed by atoms with Gasteiger partial charge in [0, 0.05) is 37.4 Å². The predicted octanol–water partition coefficient (Wildman–Crippen LogP) is 2.78. The van der Waals surface area contributed by atoms with E-state index in [0.29, 0.717) is 0 Å². The molecule has 2 aromatic heterocycles. The third kappa shape index (κ3) is 4.09. The van der Waals surface area contributed by atoms with Gasteiger partial charge in [-0.3, -0.25) is 14.9 Å². The maximum absolute atomic E-state index is 6.40. The average molecular weight is 284 g/mol. The number of hydrogen-bond donors (Lipinski definition) is 1. The maximum atomic E-state index is 6.40. The van der Waals surface area contributed by atoms with Gasteiger partial charge in [-0.1, -0.05) is 19.9 Å². The molecule has 2 N–H and O–H groups in total. The normalized spacial score (nSPS) is 14.1. The lowest BCUT2D eigenvalue weighted by molar-refractivity contribution is 0.169. The van der Waals surface area contributed by atoms with Crippen LogP contribution in [-0.4, -0.2) is 27.5 Å². The predicted molar refractivity (Wildman–Crippen MR) is 85.6 cm³/mol. The molecule has 112 valence electrons. The van der Waals surface area contributed by atoms with Crippen LogP contribution < -0.4 is 5.73 Å². The first kappa shape index (κ1) is 15.6. The molecular weight excluding hydrogens is 260 g/mol. The van der Waals surface area contributed by atoms with Crippen LogP contribution in [0.2, 0.25) is 0 Å². The van der Waals surface area contributed by atoms with E-state index in [4.69, 9.17) is 5.73 Å². The molecule has 0 saturated carbocycles. The molecule has 0 spiro atoms. The number of nitrogens with zero attached hydrogens (tertiary/aromatic N) is 3. The van der Waals surface area contributed by atoms with Gasteiger partial charge < -0.3 is 5.73 Å². The summed E-state index contributed by atoms with van der Waals surface area (Å²) in [6.07, 6.45) is 8.34. The molecule has 4 heteroatoms. The molecule has 0 radical (unpaired) electrons. The summed E-state index contributed by atoms with van der Waals surface area (Å²) in [6, 6.07) is 8.48. The van der Waals surface area contributed by atoms with Crippen molar-refractivity contribution in [3.63, 3.8) is 0 Å². The van der Waals surface area contributed by atoms with Crippen LogP contribution in [0.15, 0.2) is 49.1 Å². The van der Waals surface area contributed by atoms with Gasteiger partial charge in [0.25, 0.3) is 0 Å². The van der Waals surface area contributed by atoms with E-state index in [0.717, 1.165) is 19.5 Å². The Hall–Kier alpha value is -1.78. The highest BCUT2D eigenvalue weighted by Gasteiger charge is 2.25. The Balaban J connectivity index is 2.25. The van der Waals surface area contributed by atoms with Gasteiger partial charge in [0.15, 0.2) is 0 Å². The fourth-order valence-corrected chi connectivity index (χ4v) is 2.63. The second-order valence-electron chi connectivity index (χ2n) is 5.22. The van der Waals surface area contributed by atoms with Crippen molar-refractivity contribution in [3.8, 4) is 0 Å². The van der Waals surface area contributed by atoms with Crippen LogP contribution >= 0.6 is 0 Å². The third-order valence-electron chi connectivity index (χ3n) is 3.84. The van der Waals surface area contributed by atoms with Crippen molar-refractivity contribution in [2.75, 3.05) is 6.54 Å². The van der Waals surface area contributed by atoms with E-state index in [9.17, 15) is 0 Å². The Bertz CT molecular complexity index is 515. The Morgan fingerprint density at radius 3 is 2.43 bits per heavy atom. The molecule has 2 atom stereocenters. The molecule has 21 heavy (non-hydrogen) atoms. The van der Waals surface area contributed by atoms with Crippen LogP contribution in [0.3, 0.4) is 0 Å². The monoisotopic (exact) mass is 284 g/mol. The number of hydrogen-bond acceptors (Lipinski definition) is 4. The summed E-state index contributed by atoms with van der Waals surface area (Å²) in [5, 5.41) is 0. The second kappa shape index (κ2) is 7.86. The van der Waals surface area contributed by atoms with Crippen LogP contribution in [0, 0.1) is 0 Å². The van der Waals surface area contributed by atoms with Gasteiger partial charge in [0.2, 0.25) is 0 Å². The molecule has 2 unspecified atom stereocenters. The zero-order chi connectivity index (χ0) is 15.1. The minimum absolute atomic E-state index is 0.0935. The first-order valence-electron chi connectivity index (χ1n) is 7.54. The number of rotatable bonds is 7. The van der Waals surface area contributed by atoms with E-state index < -0.39 is 0 Å². The van der Waals surface area contributed by atoms with Gasteiger partial charge in [-0.15, -0.1) is 0 Å². The van der Waals surface area contributed by atoms with Crippen molar-refractivity contribution in [2.45, 2.75) is 38.9 Å². The number of likely N-dealkylation sites (N-methyl/N-ethyl adjacent to an activating group) is 1. The van der Waals surface area contributed by atoms with E-state index in [1.807, 2.05) is 24.7 Å². The summed E-state index contributed by atoms with van der Waals surface area (Å²) in [5.74, 6) is 0. The molecule has 0 amide bonds. The van der Waals surface area contributed by atoms with E-state index in [-0.39, 0.29) is 12.1 Å². The van der Waals surface area contributed by atoms with Crippen LogP contribution in [0.25, 0.3) is 0 Å². The molecular formula is C17H24N4. The zero-order valence-electron chi connectivity index (χ0n) is 12.8. The van der Waals surface area contributed by atoms with E-state index in [1.54, 1.807) is 6.20 Å². The van der Waals surface area contributed by atoms with Crippen LogP contribution in [0.1, 0.15) is 37.4 Å². The van der Waals surface area contributed by atoms with Crippen molar-refractivity contribution < 1.29 is 0 Å². The summed E-state index contributed by atoms with van der Waals surface area (Å²) in [6.45, 7) is 6.11. The Morgan fingerprint density at radius 1 is 1.10 bits per heavy atom. The molecule has 0 aliphatic rings. The van der Waals surface area contributed by atoms with Gasteiger partial charge in [-0.05, 0) is 42.3 Å². The number of nitrogens with two attached hydrogens (primary N) is 1. The molecule has 0 aromatic carbocycles. The van der Waals surface area contributed by atoms with Crippen molar-refractivity contribution in [2.24, 2.45) is 5.73 Å². The number of pyridine rings is 2. The van der Waals surface area contributed by atoms with Crippen LogP contribution in [0.5, 0.6) is 0 Å². The van der Waals surface area contributed by atoms with Crippen molar-refractivity contribution in [1.29, 1.82) is 0 Å². The minimum Gasteiger partial charge on any atom is -0.326 e. The maximum Gasteiger partial charge on any atom is 0.0517 e. The first-order valence-corrected chi connectivity index (χ1v) is 7.54. The summed E-state index contributed by atoms with van der Waals surface area (Å²) in [5.41, 5.74) is 8.83. The highest BCUT2D eigenvalue weighted by Crippen LogP contribution is 2.26. The average Bonchev–Trinajstić information content (AvgIpc) is 2.56. The van der Waals surface area contributed by atoms with Gasteiger partial charge in [0.05, 0.1) is 6.04 Å². The standard InChI is InChI=1S/C17H24N4/c1-3-16(18)17(15-6-5-9-20-12-15)21(4-2)13-14-7-10-19-11-8-14/h5-12,16-17H,3-4,13,18H2,1-2H3. The lowest BCUT2D eigenvalue weighted by atomic mass is 9.97. The van der Waals surface area contributed by atoms with Crippen molar-refractivity contribution in [1.82, 2.24) is 14.9 Å². The quantitative estimate of drug-likeness (QED) is 0.849. The summed E-state index contributed by atoms with van der Waals surface area (Å²) >= 11 is 0. The molecule has 2 aromatic rings. The van der Waals surface area contributed by atoms with E-state index >= 15 is 0 Å². The van der Waals surface area contributed by atoms with Crippen LogP contribution in [0.4, 0.5) is 0 Å². The smallest absolute Gasteiger partial charge is 0.0517 e. The Morgan fingerprint density at radius 2 is 1.86 bits per heavy atom. The Labute approximate surface area is 127 Å². The Kier molecular flexibility index (Phi) is 5.84. The molecule has 2 rings (SSSR count). The fourth-order valence-electron chi connectivity index (χ4n) is 2.63. The summed E-state index contributed by atoms with van der Waals surface area (Å²) in [4.78, 5) is 10.7. The van der Waals surface area contributed by atoms with Crippen molar-refractivity contribution >= 4 is 0 Å². The third-order valence-corrected chi connectivity index (χ3v) is 3.84. The highest BCUT2D eigenvalue weighted by atomic mass is 15.2. The second-order valence-corrected chi connectivity index (χ2v) is 5.22. The van der Waals surface area contributed by atoms with Gasteiger partial charge >= 0.3 is 0 Å².